The number of aryl methyl sites for hydroxylation is 1. The Bertz CT molecular complexity index is 1580. The summed E-state index contributed by atoms with van der Waals surface area (Å²) in [5.74, 6) is 0.422. The van der Waals surface area contributed by atoms with E-state index in [4.69, 9.17) is 26.1 Å². The van der Waals surface area contributed by atoms with Crippen molar-refractivity contribution in [1.29, 1.82) is 0 Å². The molecule has 4 aromatic rings. The fourth-order valence-corrected chi connectivity index (χ4v) is 5.12. The highest BCUT2D eigenvalue weighted by molar-refractivity contribution is 6.30. The fourth-order valence-electron chi connectivity index (χ4n) is 4.92. The van der Waals surface area contributed by atoms with E-state index in [9.17, 15) is 14.7 Å². The summed E-state index contributed by atoms with van der Waals surface area (Å²) >= 11 is 6.07. The molecular weight excluding hydrogens is 548 g/mol. The number of methoxy groups -OCH3 is 1. The Kier molecular flexibility index (Phi) is 8.77. The van der Waals surface area contributed by atoms with Gasteiger partial charge in [0.15, 0.2) is 0 Å². The highest BCUT2D eigenvalue weighted by atomic mass is 35.5. The maximum Gasteiger partial charge on any atom is 0.409 e. The monoisotopic (exact) mass is 580 g/mol. The molecule has 11 nitrogen and oxygen atoms in total. The van der Waals surface area contributed by atoms with E-state index in [0.29, 0.717) is 60.4 Å². The van der Waals surface area contributed by atoms with Crippen molar-refractivity contribution in [3.8, 4) is 11.4 Å². The number of ether oxygens (including phenoxy) is 2. The third kappa shape index (κ3) is 6.48. The van der Waals surface area contributed by atoms with Gasteiger partial charge in [0, 0.05) is 56.7 Å². The summed E-state index contributed by atoms with van der Waals surface area (Å²) in [4.78, 5) is 39.9. The minimum atomic E-state index is -0.825. The normalized spacial score (nSPS) is 14.3. The lowest BCUT2D eigenvalue weighted by molar-refractivity contribution is 0.0705. The molecule has 1 atom stereocenters. The number of H-pyrrole nitrogens is 2. The van der Waals surface area contributed by atoms with E-state index in [1.54, 1.807) is 48.5 Å². The number of aromatic amines is 2. The summed E-state index contributed by atoms with van der Waals surface area (Å²) in [5.41, 5.74) is 4.78. The van der Waals surface area contributed by atoms with Gasteiger partial charge in [-0.05, 0) is 48.4 Å². The second-order valence-electron chi connectivity index (χ2n) is 9.87. The number of carbonyl (C=O) groups is 1. The van der Waals surface area contributed by atoms with Crippen LogP contribution in [0.3, 0.4) is 0 Å². The van der Waals surface area contributed by atoms with E-state index in [0.717, 1.165) is 22.3 Å². The topological polar surface area (TPSA) is 136 Å². The number of hydrogen-bond acceptors (Lipinski definition) is 8. The molecule has 41 heavy (non-hydrogen) atoms. The molecular formula is C29H33ClN6O5. The first-order valence-corrected chi connectivity index (χ1v) is 13.8. The Hall–Kier alpha value is -4.06. The molecule has 1 aliphatic rings. The number of hydrogen-bond donors (Lipinski definition) is 4. The summed E-state index contributed by atoms with van der Waals surface area (Å²) in [7, 11) is 1.57. The number of piperazine rings is 1. The smallest absolute Gasteiger partial charge is 0.409 e. The summed E-state index contributed by atoms with van der Waals surface area (Å²) < 4.78 is 10.2. The van der Waals surface area contributed by atoms with Crippen molar-refractivity contribution in [3.63, 3.8) is 0 Å². The van der Waals surface area contributed by atoms with E-state index in [1.807, 2.05) is 13.0 Å². The van der Waals surface area contributed by atoms with Crippen molar-refractivity contribution in [2.75, 3.05) is 63.3 Å². The molecule has 4 N–H and O–H groups in total. The number of anilines is 2. The predicted molar refractivity (Wildman–Crippen MR) is 159 cm³/mol. The van der Waals surface area contributed by atoms with Crippen LogP contribution >= 0.6 is 11.6 Å². The second kappa shape index (κ2) is 12.6. The first kappa shape index (κ1) is 28.5. The van der Waals surface area contributed by atoms with E-state index < -0.39 is 6.10 Å². The van der Waals surface area contributed by atoms with Gasteiger partial charge >= 0.3 is 6.09 Å². The molecule has 216 valence electrons. The van der Waals surface area contributed by atoms with E-state index in [2.05, 4.69) is 26.3 Å². The Morgan fingerprint density at radius 3 is 2.73 bits per heavy atom. The van der Waals surface area contributed by atoms with Crippen LogP contribution in [0.5, 0.6) is 0 Å². The zero-order valence-corrected chi connectivity index (χ0v) is 23.7. The number of aliphatic hydroxyl groups excluding tert-OH is 1. The molecule has 0 spiro atoms. The summed E-state index contributed by atoms with van der Waals surface area (Å²) in [5, 5.41) is 14.4. The number of nitrogens with zero attached hydrogens (tertiary/aromatic N) is 3. The van der Waals surface area contributed by atoms with Gasteiger partial charge in [0.25, 0.3) is 5.56 Å². The average Bonchev–Trinajstić information content (AvgIpc) is 3.40. The van der Waals surface area contributed by atoms with Gasteiger partial charge in [-0.15, -0.1) is 0 Å². The minimum Gasteiger partial charge on any atom is -0.447 e. The van der Waals surface area contributed by atoms with Crippen LogP contribution in [0.15, 0.2) is 53.5 Å². The van der Waals surface area contributed by atoms with Crippen LogP contribution in [0.4, 0.5) is 16.2 Å². The lowest BCUT2D eigenvalue weighted by Crippen LogP contribution is -2.49. The van der Waals surface area contributed by atoms with Gasteiger partial charge in [-0.3, -0.25) is 4.79 Å². The predicted octanol–water partition coefficient (Wildman–Crippen LogP) is 3.93. The van der Waals surface area contributed by atoms with E-state index in [1.165, 1.54) is 0 Å². The molecule has 0 saturated carbocycles. The van der Waals surface area contributed by atoms with E-state index in [-0.39, 0.29) is 24.8 Å². The molecule has 5 rings (SSSR count). The van der Waals surface area contributed by atoms with E-state index >= 15 is 0 Å². The van der Waals surface area contributed by atoms with Gasteiger partial charge in [0.1, 0.15) is 18.0 Å². The third-order valence-electron chi connectivity index (χ3n) is 7.09. The third-order valence-corrected chi connectivity index (χ3v) is 7.33. The number of imidazole rings is 1. The van der Waals surface area contributed by atoms with Crippen molar-refractivity contribution in [2.24, 2.45) is 0 Å². The quantitative estimate of drug-likeness (QED) is 0.219. The minimum absolute atomic E-state index is 0.173. The molecule has 3 heterocycles. The number of aliphatic hydroxyl groups is 1. The average molecular weight is 581 g/mol. The van der Waals surface area contributed by atoms with Gasteiger partial charge in [-0.2, -0.15) is 0 Å². The number of benzene rings is 2. The number of fused-ring (bicyclic) bond motifs is 1. The molecule has 1 aliphatic heterocycles. The number of pyridine rings is 1. The first-order valence-electron chi connectivity index (χ1n) is 13.4. The zero-order chi connectivity index (χ0) is 28.9. The Morgan fingerprint density at radius 2 is 1.98 bits per heavy atom. The van der Waals surface area contributed by atoms with Crippen molar-refractivity contribution in [2.45, 2.75) is 13.0 Å². The summed E-state index contributed by atoms with van der Waals surface area (Å²) in [6.45, 7) is 5.17. The van der Waals surface area contributed by atoms with Gasteiger partial charge in [-0.1, -0.05) is 23.7 Å². The molecule has 1 amide bonds. The molecule has 0 radical (unpaired) electrons. The summed E-state index contributed by atoms with van der Waals surface area (Å²) in [6.07, 6.45) is 0.400. The SMILES string of the molecule is COCCOC(=O)N1CCN(c2cc(C)c3nc(-c4c(NC[C@@H](O)c5cccc(Cl)c5)cc[nH]c4=O)[nH]c3c2)CC1. The molecule has 0 bridgehead atoms. The Morgan fingerprint density at radius 1 is 1.17 bits per heavy atom. The van der Waals surface area contributed by atoms with Crippen LogP contribution in [0, 0.1) is 6.92 Å². The van der Waals surface area contributed by atoms with Gasteiger partial charge in [0.2, 0.25) is 0 Å². The zero-order valence-electron chi connectivity index (χ0n) is 22.9. The largest absolute Gasteiger partial charge is 0.447 e. The van der Waals surface area contributed by atoms with Crippen LogP contribution < -0.4 is 15.8 Å². The maximum absolute atomic E-state index is 13.0. The number of carbonyl (C=O) groups excluding carboxylic acids is 1. The standard InChI is InChI=1S/C29H33ClN6O5/c1-18-14-21(35-8-10-36(11-9-35)29(39)41-13-12-40-2)16-23-26(18)34-27(33-23)25-22(6-7-31-28(25)38)32-17-24(37)19-4-3-5-20(30)15-19/h3-7,14-16,24,37H,8-13,17H2,1-2H3,(H,33,34)(H2,31,32,38)/t24-/m1/s1. The number of rotatable bonds is 9. The molecule has 1 fully saturated rings. The molecule has 1 saturated heterocycles. The van der Waals surface area contributed by atoms with Crippen LogP contribution in [0.1, 0.15) is 17.2 Å². The lowest BCUT2D eigenvalue weighted by atomic mass is 10.1. The van der Waals surface area contributed by atoms with Gasteiger partial charge in [0.05, 0.1) is 29.4 Å². The molecule has 12 heteroatoms. The highest BCUT2D eigenvalue weighted by Crippen LogP contribution is 2.30. The first-order chi connectivity index (χ1) is 19.8. The molecule has 2 aromatic heterocycles. The molecule has 0 aliphatic carbocycles. The van der Waals surface area contributed by atoms with Crippen LogP contribution in [0.25, 0.3) is 22.4 Å². The van der Waals surface area contributed by atoms with Gasteiger partial charge in [-0.25, -0.2) is 9.78 Å². The van der Waals surface area contributed by atoms with Crippen LogP contribution in [0.2, 0.25) is 5.02 Å². The van der Waals surface area contributed by atoms with Crippen molar-refractivity contribution in [3.05, 3.63) is 75.2 Å². The second-order valence-corrected chi connectivity index (χ2v) is 10.3. The van der Waals surface area contributed by atoms with Crippen molar-refractivity contribution >= 4 is 40.1 Å². The van der Waals surface area contributed by atoms with Crippen LogP contribution in [-0.4, -0.2) is 84.1 Å². The number of nitrogens with one attached hydrogen (secondary N) is 3. The Labute approximate surface area is 242 Å². The number of amides is 1. The number of aromatic nitrogens is 3. The Balaban J connectivity index is 1.33. The lowest BCUT2D eigenvalue weighted by Gasteiger charge is -2.35. The van der Waals surface area contributed by atoms with Crippen LogP contribution in [-0.2, 0) is 9.47 Å². The van der Waals surface area contributed by atoms with Gasteiger partial charge < -0.3 is 39.7 Å². The fraction of sp³-hybridized carbons (Fsp3) is 0.345. The summed E-state index contributed by atoms with van der Waals surface area (Å²) in [6, 6.07) is 12.9. The maximum atomic E-state index is 13.0. The molecule has 0 unspecified atom stereocenters. The van der Waals surface area contributed by atoms with Crippen molar-refractivity contribution in [1.82, 2.24) is 19.9 Å². The van der Waals surface area contributed by atoms with Crippen molar-refractivity contribution < 1.29 is 19.4 Å². The highest BCUT2D eigenvalue weighted by Gasteiger charge is 2.24. The number of halogens is 1. The molecule has 2 aromatic carbocycles.